The van der Waals surface area contributed by atoms with E-state index in [1.165, 1.54) is 26.0 Å². The Labute approximate surface area is 166 Å². The molecule has 6 nitrogen and oxygen atoms in total. The zero-order valence-corrected chi connectivity index (χ0v) is 16.6. The summed E-state index contributed by atoms with van der Waals surface area (Å²) in [6.45, 7) is 4.46. The average Bonchev–Trinajstić information content (AvgIpc) is 2.54. The summed E-state index contributed by atoms with van der Waals surface area (Å²) in [6.07, 6.45) is 0.989. The first-order valence-corrected chi connectivity index (χ1v) is 9.05. The van der Waals surface area contributed by atoms with Gasteiger partial charge in [-0.3, -0.25) is 9.59 Å². The minimum atomic E-state index is -1.70. The van der Waals surface area contributed by atoms with Gasteiger partial charge in [-0.15, -0.1) is 0 Å². The van der Waals surface area contributed by atoms with Crippen molar-refractivity contribution in [1.29, 1.82) is 0 Å². The molecule has 8 heteroatoms. The van der Waals surface area contributed by atoms with Gasteiger partial charge in [-0.25, -0.2) is 4.79 Å². The van der Waals surface area contributed by atoms with Crippen molar-refractivity contribution in [3.63, 3.8) is 0 Å². The number of carboxylic acids is 2. The monoisotopic (exact) mass is 414 g/mol. The van der Waals surface area contributed by atoms with Gasteiger partial charge in [0.15, 0.2) is 5.78 Å². The summed E-state index contributed by atoms with van der Waals surface area (Å²) in [7, 11) is 0. The standard InChI is InChI=1S/C19H20Cl2O6/c1-9-6-10(8-11(22)7-9)12-4-5-13(15(21)14(12)20)27-16(17(23)24)19(2,3)18(25)26/h4-5,8-9,16H,6-7H2,1-3H3,(H,23,24)(H,25,26). The van der Waals surface area contributed by atoms with Crippen molar-refractivity contribution in [2.24, 2.45) is 11.3 Å². The van der Waals surface area contributed by atoms with E-state index in [-0.39, 0.29) is 27.5 Å². The third-order valence-corrected chi connectivity index (χ3v) is 5.39. The number of carboxylic acid groups (broad SMARTS) is 2. The Morgan fingerprint density at radius 1 is 1.19 bits per heavy atom. The normalized spacial score (nSPS) is 18.6. The molecule has 27 heavy (non-hydrogen) atoms. The van der Waals surface area contributed by atoms with Crippen LogP contribution < -0.4 is 4.74 Å². The van der Waals surface area contributed by atoms with Gasteiger partial charge in [-0.1, -0.05) is 30.1 Å². The van der Waals surface area contributed by atoms with E-state index in [9.17, 15) is 24.6 Å². The number of aliphatic carboxylic acids is 2. The molecule has 0 heterocycles. The van der Waals surface area contributed by atoms with Gasteiger partial charge in [-0.2, -0.15) is 0 Å². The predicted molar refractivity (Wildman–Crippen MR) is 101 cm³/mol. The molecule has 1 aliphatic carbocycles. The number of carbonyl (C=O) groups excluding carboxylic acids is 1. The largest absolute Gasteiger partial charge is 0.481 e. The van der Waals surface area contributed by atoms with Crippen LogP contribution in [-0.2, 0) is 14.4 Å². The van der Waals surface area contributed by atoms with E-state index >= 15 is 0 Å². The second-order valence-electron chi connectivity index (χ2n) is 7.25. The molecule has 0 radical (unpaired) electrons. The lowest BCUT2D eigenvalue weighted by Gasteiger charge is -2.28. The van der Waals surface area contributed by atoms with Gasteiger partial charge in [0.05, 0.1) is 5.02 Å². The number of carbonyl (C=O) groups is 3. The number of benzene rings is 1. The maximum Gasteiger partial charge on any atom is 0.346 e. The molecule has 0 aliphatic heterocycles. The van der Waals surface area contributed by atoms with Crippen LogP contribution in [0, 0.1) is 11.3 Å². The number of rotatable bonds is 6. The Kier molecular flexibility index (Phi) is 6.22. The molecule has 0 amide bonds. The number of ketones is 1. The van der Waals surface area contributed by atoms with Crippen LogP contribution in [0.15, 0.2) is 18.2 Å². The Morgan fingerprint density at radius 3 is 2.33 bits per heavy atom. The average molecular weight is 415 g/mol. The maximum absolute atomic E-state index is 11.8. The summed E-state index contributed by atoms with van der Waals surface area (Å²) in [4.78, 5) is 34.7. The summed E-state index contributed by atoms with van der Waals surface area (Å²) in [5.41, 5.74) is -0.384. The Balaban J connectivity index is 2.41. The van der Waals surface area contributed by atoms with Crippen molar-refractivity contribution < 1.29 is 29.3 Å². The molecule has 146 valence electrons. The van der Waals surface area contributed by atoms with Gasteiger partial charge in [0, 0.05) is 6.42 Å². The molecule has 2 rings (SSSR count). The first kappa shape index (κ1) is 21.3. The summed E-state index contributed by atoms with van der Waals surface area (Å²) in [6, 6.07) is 3.02. The van der Waals surface area contributed by atoms with E-state index in [4.69, 9.17) is 27.9 Å². The van der Waals surface area contributed by atoms with Crippen molar-refractivity contribution in [2.75, 3.05) is 0 Å². The Bertz CT molecular complexity index is 828. The maximum atomic E-state index is 11.8. The Hall–Kier alpha value is -2.05. The molecule has 0 saturated carbocycles. The lowest BCUT2D eigenvalue weighted by atomic mass is 9.86. The summed E-state index contributed by atoms with van der Waals surface area (Å²) < 4.78 is 5.42. The highest BCUT2D eigenvalue weighted by Crippen LogP contribution is 2.41. The molecule has 2 unspecified atom stereocenters. The van der Waals surface area contributed by atoms with Gasteiger partial charge in [0.2, 0.25) is 6.10 Å². The number of allylic oxidation sites excluding steroid dienone is 2. The molecule has 0 aromatic heterocycles. The molecule has 0 saturated heterocycles. The molecule has 2 N–H and O–H groups in total. The second kappa shape index (κ2) is 7.90. The van der Waals surface area contributed by atoms with Crippen molar-refractivity contribution in [3.8, 4) is 5.75 Å². The smallest absolute Gasteiger partial charge is 0.346 e. The fourth-order valence-electron chi connectivity index (χ4n) is 2.91. The van der Waals surface area contributed by atoms with Crippen LogP contribution in [0.2, 0.25) is 10.0 Å². The fourth-order valence-corrected chi connectivity index (χ4v) is 3.39. The minimum absolute atomic E-state index is 0.00501. The molecule has 0 spiro atoms. The second-order valence-corrected chi connectivity index (χ2v) is 8.01. The molecule has 0 fully saturated rings. The van der Waals surface area contributed by atoms with E-state index in [1.54, 1.807) is 6.07 Å². The molecule has 1 aromatic rings. The van der Waals surface area contributed by atoms with E-state index in [1.807, 2.05) is 6.92 Å². The predicted octanol–water partition coefficient (Wildman–Crippen LogP) is 4.32. The summed E-state index contributed by atoms with van der Waals surface area (Å²) in [5, 5.41) is 18.8. The van der Waals surface area contributed by atoms with E-state index in [0.717, 1.165) is 5.57 Å². The van der Waals surface area contributed by atoms with Crippen molar-refractivity contribution in [2.45, 2.75) is 39.7 Å². The van der Waals surface area contributed by atoms with Crippen LogP contribution in [0.5, 0.6) is 5.75 Å². The molecule has 1 aromatic carbocycles. The van der Waals surface area contributed by atoms with Gasteiger partial charge in [0.25, 0.3) is 0 Å². The van der Waals surface area contributed by atoms with Crippen molar-refractivity contribution in [3.05, 3.63) is 33.8 Å². The lowest BCUT2D eigenvalue weighted by Crippen LogP contribution is -2.46. The van der Waals surface area contributed by atoms with Crippen LogP contribution in [0.4, 0.5) is 0 Å². The van der Waals surface area contributed by atoms with E-state index in [2.05, 4.69) is 0 Å². The summed E-state index contributed by atoms with van der Waals surface area (Å²) >= 11 is 12.6. The van der Waals surface area contributed by atoms with Crippen molar-refractivity contribution >= 4 is 46.5 Å². The highest BCUT2D eigenvalue weighted by atomic mass is 35.5. The topological polar surface area (TPSA) is 101 Å². The first-order chi connectivity index (χ1) is 12.4. The molecule has 1 aliphatic rings. The van der Waals surface area contributed by atoms with Gasteiger partial charge in [-0.05, 0) is 55.5 Å². The molecule has 0 bridgehead atoms. The fraction of sp³-hybridized carbons (Fsp3) is 0.421. The number of hydrogen-bond donors (Lipinski definition) is 2. The number of hydrogen-bond acceptors (Lipinski definition) is 4. The van der Waals surface area contributed by atoms with Gasteiger partial charge in [0.1, 0.15) is 16.2 Å². The van der Waals surface area contributed by atoms with Crippen LogP contribution in [0.3, 0.4) is 0 Å². The highest BCUT2D eigenvalue weighted by molar-refractivity contribution is 6.44. The van der Waals surface area contributed by atoms with E-state index < -0.39 is 23.5 Å². The third-order valence-electron chi connectivity index (χ3n) is 4.52. The quantitative estimate of drug-likeness (QED) is 0.718. The SMILES string of the molecule is CC1CC(=O)C=C(c2ccc(OC(C(=O)O)C(C)(C)C(=O)O)c(Cl)c2Cl)C1. The lowest BCUT2D eigenvalue weighted by molar-refractivity contribution is -0.164. The number of ether oxygens (including phenoxy) is 1. The Morgan fingerprint density at radius 2 is 1.81 bits per heavy atom. The molecular formula is C19H20Cl2O6. The van der Waals surface area contributed by atoms with Crippen LogP contribution in [0.1, 0.15) is 39.2 Å². The summed E-state index contributed by atoms with van der Waals surface area (Å²) in [5.74, 6) is -2.62. The minimum Gasteiger partial charge on any atom is -0.481 e. The molecular weight excluding hydrogens is 395 g/mol. The van der Waals surface area contributed by atoms with Crippen LogP contribution >= 0.6 is 23.2 Å². The molecule has 2 atom stereocenters. The first-order valence-electron chi connectivity index (χ1n) is 8.29. The van der Waals surface area contributed by atoms with E-state index in [0.29, 0.717) is 18.4 Å². The van der Waals surface area contributed by atoms with Crippen LogP contribution in [-0.4, -0.2) is 34.0 Å². The van der Waals surface area contributed by atoms with Gasteiger partial charge < -0.3 is 14.9 Å². The number of halogens is 2. The third kappa shape index (κ3) is 4.45. The van der Waals surface area contributed by atoms with Crippen LogP contribution in [0.25, 0.3) is 5.57 Å². The van der Waals surface area contributed by atoms with Crippen molar-refractivity contribution in [1.82, 2.24) is 0 Å². The van der Waals surface area contributed by atoms with Gasteiger partial charge >= 0.3 is 11.9 Å². The highest BCUT2D eigenvalue weighted by Gasteiger charge is 2.44. The zero-order chi connectivity index (χ0) is 20.5. The zero-order valence-electron chi connectivity index (χ0n) is 15.1.